The van der Waals surface area contributed by atoms with Crippen LogP contribution in [-0.2, 0) is 9.22 Å². The standard InChI is InChI=1S/C19H26O3Si/c1-18(2,3)23(4,5)22-19(15-11-9-13-17(19)21)14-10-7-6-8-12-16-20/h6-7,9,13,20H,11,15-16H2,1-5H3/b7-6-. The van der Waals surface area contributed by atoms with Crippen LogP contribution in [0.3, 0.4) is 0 Å². The Morgan fingerprint density at radius 2 is 2.00 bits per heavy atom. The highest BCUT2D eigenvalue weighted by Crippen LogP contribution is 2.41. The van der Waals surface area contributed by atoms with Gasteiger partial charge in [-0.3, -0.25) is 4.79 Å². The second-order valence-electron chi connectivity index (χ2n) is 7.08. The van der Waals surface area contributed by atoms with Crippen LogP contribution in [-0.4, -0.2) is 31.4 Å². The molecule has 1 aliphatic rings. The fourth-order valence-corrected chi connectivity index (χ4v) is 3.35. The number of aliphatic hydroxyl groups excluding tert-OH is 1. The van der Waals surface area contributed by atoms with E-state index in [0.717, 1.165) is 6.42 Å². The van der Waals surface area contributed by atoms with Crippen LogP contribution in [0.25, 0.3) is 0 Å². The van der Waals surface area contributed by atoms with Gasteiger partial charge >= 0.3 is 0 Å². The summed E-state index contributed by atoms with van der Waals surface area (Å²) in [7, 11) is -2.13. The first-order valence-corrected chi connectivity index (χ1v) is 10.7. The maximum Gasteiger partial charge on any atom is 0.198 e. The third kappa shape index (κ3) is 5.22. The molecule has 0 aromatic heterocycles. The lowest BCUT2D eigenvalue weighted by Crippen LogP contribution is -2.53. The van der Waals surface area contributed by atoms with Crippen LogP contribution < -0.4 is 0 Å². The molecule has 0 aromatic rings. The first kappa shape index (κ1) is 19.5. The third-order valence-corrected chi connectivity index (χ3v) is 8.74. The lowest BCUT2D eigenvalue weighted by atomic mass is 9.89. The van der Waals surface area contributed by atoms with Crippen LogP contribution in [0.1, 0.15) is 33.6 Å². The summed E-state index contributed by atoms with van der Waals surface area (Å²) in [6, 6.07) is 0. The monoisotopic (exact) mass is 330 g/mol. The van der Waals surface area contributed by atoms with E-state index in [1.807, 2.05) is 6.08 Å². The van der Waals surface area contributed by atoms with Gasteiger partial charge in [-0.25, -0.2) is 0 Å². The van der Waals surface area contributed by atoms with E-state index in [-0.39, 0.29) is 17.4 Å². The normalized spacial score (nSPS) is 21.6. The summed E-state index contributed by atoms with van der Waals surface area (Å²) in [6.07, 6.45) is 7.97. The molecule has 0 aromatic carbocycles. The molecule has 1 aliphatic carbocycles. The molecule has 0 aliphatic heterocycles. The summed E-state index contributed by atoms with van der Waals surface area (Å²) in [6.45, 7) is 10.5. The van der Waals surface area contributed by atoms with E-state index in [1.165, 1.54) is 0 Å². The van der Waals surface area contributed by atoms with E-state index in [9.17, 15) is 4.79 Å². The molecular formula is C19H26O3Si. The Morgan fingerprint density at radius 3 is 2.57 bits per heavy atom. The van der Waals surface area contributed by atoms with Crippen LogP contribution in [0, 0.1) is 23.7 Å². The number of hydrogen-bond donors (Lipinski definition) is 1. The molecule has 0 saturated heterocycles. The molecule has 124 valence electrons. The van der Waals surface area contributed by atoms with Crippen molar-refractivity contribution in [2.75, 3.05) is 6.61 Å². The zero-order chi connectivity index (χ0) is 17.6. The van der Waals surface area contributed by atoms with E-state index < -0.39 is 13.9 Å². The van der Waals surface area contributed by atoms with Crippen molar-refractivity contribution in [3.05, 3.63) is 24.3 Å². The molecule has 0 fully saturated rings. The highest BCUT2D eigenvalue weighted by atomic mass is 28.4. The molecule has 0 radical (unpaired) electrons. The van der Waals surface area contributed by atoms with E-state index in [0.29, 0.717) is 6.42 Å². The quantitative estimate of drug-likeness (QED) is 0.625. The fraction of sp³-hybridized carbons (Fsp3) is 0.526. The highest BCUT2D eigenvalue weighted by molar-refractivity contribution is 6.74. The minimum atomic E-state index is -2.13. The second kappa shape index (κ2) is 7.79. The maximum atomic E-state index is 12.5. The Kier molecular flexibility index (Phi) is 6.59. The first-order chi connectivity index (χ1) is 10.6. The molecule has 23 heavy (non-hydrogen) atoms. The van der Waals surface area contributed by atoms with Gasteiger partial charge in [-0.05, 0) is 49.2 Å². The van der Waals surface area contributed by atoms with Crippen LogP contribution in [0.4, 0.5) is 0 Å². The van der Waals surface area contributed by atoms with Gasteiger partial charge in [0.2, 0.25) is 0 Å². The van der Waals surface area contributed by atoms with Crippen molar-refractivity contribution in [2.45, 2.75) is 57.3 Å². The smallest absolute Gasteiger partial charge is 0.198 e. The molecule has 1 rings (SSSR count). The number of ketones is 1. The third-order valence-electron chi connectivity index (χ3n) is 4.27. The summed E-state index contributed by atoms with van der Waals surface area (Å²) >= 11 is 0. The van der Waals surface area contributed by atoms with Crippen molar-refractivity contribution in [3.8, 4) is 23.7 Å². The number of allylic oxidation sites excluding steroid dienone is 3. The predicted molar refractivity (Wildman–Crippen MR) is 96.2 cm³/mol. The molecule has 0 bridgehead atoms. The minimum absolute atomic E-state index is 0.00552. The zero-order valence-corrected chi connectivity index (χ0v) is 15.7. The number of carbonyl (C=O) groups is 1. The van der Waals surface area contributed by atoms with E-state index in [4.69, 9.17) is 9.53 Å². The Balaban J connectivity index is 3.11. The van der Waals surface area contributed by atoms with Crippen LogP contribution >= 0.6 is 0 Å². The maximum absolute atomic E-state index is 12.5. The van der Waals surface area contributed by atoms with Gasteiger partial charge in [0.25, 0.3) is 0 Å². The van der Waals surface area contributed by atoms with Crippen molar-refractivity contribution in [1.29, 1.82) is 0 Å². The molecule has 0 saturated carbocycles. The molecule has 0 amide bonds. The summed E-state index contributed by atoms with van der Waals surface area (Å²) in [5.74, 6) is 11.0. The Labute approximate surface area is 140 Å². The minimum Gasteiger partial charge on any atom is -0.395 e. The van der Waals surface area contributed by atoms with Crippen molar-refractivity contribution < 1.29 is 14.3 Å². The number of aliphatic hydroxyl groups is 1. The van der Waals surface area contributed by atoms with Gasteiger partial charge in [-0.1, -0.05) is 50.5 Å². The summed E-state index contributed by atoms with van der Waals surface area (Å²) in [5, 5.41) is 8.60. The molecule has 4 heteroatoms. The number of rotatable bonds is 2. The topological polar surface area (TPSA) is 46.5 Å². The lowest BCUT2D eigenvalue weighted by molar-refractivity contribution is -0.126. The van der Waals surface area contributed by atoms with Crippen LogP contribution in [0.5, 0.6) is 0 Å². The van der Waals surface area contributed by atoms with E-state index in [2.05, 4.69) is 57.5 Å². The van der Waals surface area contributed by atoms with Gasteiger partial charge < -0.3 is 9.53 Å². The molecule has 3 nitrogen and oxygen atoms in total. The first-order valence-electron chi connectivity index (χ1n) is 7.83. The van der Waals surface area contributed by atoms with E-state index >= 15 is 0 Å². The molecule has 0 heterocycles. The Morgan fingerprint density at radius 1 is 1.35 bits per heavy atom. The number of carbonyl (C=O) groups excluding carboxylic acids is 1. The summed E-state index contributed by atoms with van der Waals surface area (Å²) in [5.41, 5.74) is -1.05. The largest absolute Gasteiger partial charge is 0.395 e. The average molecular weight is 331 g/mol. The predicted octanol–water partition coefficient (Wildman–Crippen LogP) is 3.22. The van der Waals surface area contributed by atoms with Gasteiger partial charge in [0.05, 0.1) is 0 Å². The average Bonchev–Trinajstić information content (AvgIpc) is 2.44. The second-order valence-corrected chi connectivity index (χ2v) is 11.8. The van der Waals surface area contributed by atoms with Crippen molar-refractivity contribution in [1.82, 2.24) is 0 Å². The Hall–Kier alpha value is -1.59. The lowest BCUT2D eigenvalue weighted by Gasteiger charge is -2.43. The summed E-state index contributed by atoms with van der Waals surface area (Å²) in [4.78, 5) is 12.5. The molecular weight excluding hydrogens is 304 g/mol. The van der Waals surface area contributed by atoms with Crippen molar-refractivity contribution in [2.24, 2.45) is 0 Å². The van der Waals surface area contributed by atoms with Gasteiger partial charge in [-0.15, -0.1) is 0 Å². The number of hydrogen-bond acceptors (Lipinski definition) is 3. The van der Waals surface area contributed by atoms with Gasteiger partial charge in [0.15, 0.2) is 19.7 Å². The zero-order valence-electron chi connectivity index (χ0n) is 14.7. The molecule has 1 atom stereocenters. The molecule has 0 spiro atoms. The van der Waals surface area contributed by atoms with Crippen molar-refractivity contribution >= 4 is 14.1 Å². The van der Waals surface area contributed by atoms with Gasteiger partial charge in [0, 0.05) is 0 Å². The molecule has 1 unspecified atom stereocenters. The van der Waals surface area contributed by atoms with Gasteiger partial charge in [0.1, 0.15) is 6.61 Å². The fourth-order valence-electron chi connectivity index (χ4n) is 1.92. The van der Waals surface area contributed by atoms with Crippen molar-refractivity contribution in [3.63, 3.8) is 0 Å². The van der Waals surface area contributed by atoms with Gasteiger partial charge in [-0.2, -0.15) is 0 Å². The SMILES string of the molecule is CC(C)(C)[Si](C)(C)OC1(C#C/C=C\C#CCO)CCC=CC1=O. The van der Waals surface area contributed by atoms with E-state index in [1.54, 1.807) is 18.2 Å². The summed E-state index contributed by atoms with van der Waals surface area (Å²) < 4.78 is 6.43. The molecule has 1 N–H and O–H groups in total. The Bertz CT molecular complexity index is 615. The highest BCUT2D eigenvalue weighted by Gasteiger charge is 2.47. The van der Waals surface area contributed by atoms with Crippen LogP contribution in [0.15, 0.2) is 24.3 Å². The van der Waals surface area contributed by atoms with Crippen LogP contribution in [0.2, 0.25) is 18.1 Å².